The molecule has 3 heteroatoms. The highest BCUT2D eigenvalue weighted by Gasteiger charge is 2.46. The molecule has 1 aliphatic carbocycles. The van der Waals surface area contributed by atoms with Gasteiger partial charge in [-0.3, -0.25) is 0 Å². The second kappa shape index (κ2) is 3.47. The molecule has 0 radical (unpaired) electrons. The fourth-order valence-corrected chi connectivity index (χ4v) is 4.67. The van der Waals surface area contributed by atoms with Gasteiger partial charge in [0.1, 0.15) is 0 Å². The number of ether oxygens (including phenoxy) is 2. The first-order valence-corrected chi connectivity index (χ1v) is 9.04. The lowest BCUT2D eigenvalue weighted by molar-refractivity contribution is -0.129. The van der Waals surface area contributed by atoms with E-state index < -0.39 is 8.07 Å². The van der Waals surface area contributed by atoms with Crippen molar-refractivity contribution < 1.29 is 9.47 Å². The second-order valence-corrected chi connectivity index (χ2v) is 10.2. The lowest BCUT2D eigenvalue weighted by Gasteiger charge is -2.39. The van der Waals surface area contributed by atoms with Crippen molar-refractivity contribution in [3.63, 3.8) is 0 Å². The van der Waals surface area contributed by atoms with Gasteiger partial charge in [-0.05, 0) is 18.0 Å². The van der Waals surface area contributed by atoms with Crippen LogP contribution in [0.4, 0.5) is 0 Å². The van der Waals surface area contributed by atoms with Gasteiger partial charge < -0.3 is 9.47 Å². The molecule has 1 heterocycles. The predicted octanol–water partition coefficient (Wildman–Crippen LogP) is 2.72. The van der Waals surface area contributed by atoms with Crippen molar-refractivity contribution in [2.45, 2.75) is 44.7 Å². The average molecular weight is 212 g/mol. The van der Waals surface area contributed by atoms with Crippen LogP contribution >= 0.6 is 0 Å². The van der Waals surface area contributed by atoms with E-state index in [1.54, 1.807) is 0 Å². The van der Waals surface area contributed by atoms with Gasteiger partial charge in [-0.1, -0.05) is 25.7 Å². The minimum atomic E-state index is -1.28. The Hall–Kier alpha value is -0.123. The standard InChI is InChI=1S/C11H20O2Si/c1-14(2,3)10-6-4-5-7-11(10)12-8-9-13-11/h6H,4-5,7-9H2,1-3H3. The van der Waals surface area contributed by atoms with Crippen molar-refractivity contribution in [2.75, 3.05) is 13.2 Å². The summed E-state index contributed by atoms with van der Waals surface area (Å²) in [6.07, 6.45) is 5.84. The molecule has 1 aliphatic heterocycles. The minimum Gasteiger partial charge on any atom is -0.344 e. The van der Waals surface area contributed by atoms with E-state index in [-0.39, 0.29) is 5.79 Å². The van der Waals surface area contributed by atoms with Crippen molar-refractivity contribution in [1.29, 1.82) is 0 Å². The molecule has 1 saturated heterocycles. The fraction of sp³-hybridized carbons (Fsp3) is 0.818. The van der Waals surface area contributed by atoms with E-state index >= 15 is 0 Å². The van der Waals surface area contributed by atoms with Gasteiger partial charge in [0, 0.05) is 6.42 Å². The minimum absolute atomic E-state index is 0.303. The monoisotopic (exact) mass is 212 g/mol. The largest absolute Gasteiger partial charge is 0.344 e. The average Bonchev–Trinajstić information content (AvgIpc) is 2.52. The maximum atomic E-state index is 5.86. The lowest BCUT2D eigenvalue weighted by Crippen LogP contribution is -2.45. The zero-order valence-electron chi connectivity index (χ0n) is 9.43. The number of rotatable bonds is 1. The Bertz CT molecular complexity index is 247. The zero-order valence-corrected chi connectivity index (χ0v) is 10.4. The summed E-state index contributed by atoms with van der Waals surface area (Å²) in [5.74, 6) is -0.303. The molecule has 0 saturated carbocycles. The summed E-state index contributed by atoms with van der Waals surface area (Å²) in [7, 11) is -1.28. The molecule has 0 bridgehead atoms. The van der Waals surface area contributed by atoms with Gasteiger partial charge in [0.25, 0.3) is 0 Å². The number of hydrogen-bond acceptors (Lipinski definition) is 2. The third-order valence-electron chi connectivity index (χ3n) is 3.03. The highest BCUT2D eigenvalue weighted by Crippen LogP contribution is 2.41. The molecule has 2 rings (SSSR count). The second-order valence-electron chi connectivity index (χ2n) is 5.21. The van der Waals surface area contributed by atoms with E-state index in [2.05, 4.69) is 25.7 Å². The smallest absolute Gasteiger partial charge is 0.187 e. The zero-order chi connectivity index (χ0) is 10.2. The van der Waals surface area contributed by atoms with Crippen LogP contribution in [0.5, 0.6) is 0 Å². The Morgan fingerprint density at radius 2 is 1.86 bits per heavy atom. The van der Waals surface area contributed by atoms with Gasteiger partial charge in [-0.25, -0.2) is 0 Å². The maximum absolute atomic E-state index is 5.86. The van der Waals surface area contributed by atoms with Crippen molar-refractivity contribution in [2.24, 2.45) is 0 Å². The summed E-state index contributed by atoms with van der Waals surface area (Å²) >= 11 is 0. The summed E-state index contributed by atoms with van der Waals surface area (Å²) in [6, 6.07) is 0. The quantitative estimate of drug-likeness (QED) is 0.622. The lowest BCUT2D eigenvalue weighted by atomic mass is 10.0. The topological polar surface area (TPSA) is 18.5 Å². The van der Waals surface area contributed by atoms with Gasteiger partial charge in [0.2, 0.25) is 0 Å². The molecule has 0 amide bonds. The molecule has 0 unspecified atom stereocenters. The molecule has 2 nitrogen and oxygen atoms in total. The van der Waals surface area contributed by atoms with Crippen molar-refractivity contribution in [1.82, 2.24) is 0 Å². The van der Waals surface area contributed by atoms with E-state index in [1.165, 1.54) is 18.0 Å². The summed E-state index contributed by atoms with van der Waals surface area (Å²) in [4.78, 5) is 0. The van der Waals surface area contributed by atoms with Crippen LogP contribution in [0.15, 0.2) is 11.3 Å². The molecule has 0 atom stereocenters. The van der Waals surface area contributed by atoms with Crippen molar-refractivity contribution in [3.8, 4) is 0 Å². The van der Waals surface area contributed by atoms with Gasteiger partial charge in [-0.15, -0.1) is 0 Å². The Kier molecular flexibility index (Phi) is 2.58. The molecule has 80 valence electrons. The number of hydrogen-bond donors (Lipinski definition) is 0. The Morgan fingerprint density at radius 3 is 2.43 bits per heavy atom. The predicted molar refractivity (Wildman–Crippen MR) is 59.9 cm³/mol. The third kappa shape index (κ3) is 1.69. The molecule has 0 N–H and O–H groups in total. The number of allylic oxidation sites excluding steroid dienone is 1. The molecular weight excluding hydrogens is 192 g/mol. The summed E-state index contributed by atoms with van der Waals surface area (Å²) in [5, 5.41) is 1.48. The van der Waals surface area contributed by atoms with Crippen LogP contribution in [0.3, 0.4) is 0 Å². The fourth-order valence-electron chi connectivity index (χ4n) is 2.50. The van der Waals surface area contributed by atoms with Crippen molar-refractivity contribution >= 4 is 8.07 Å². The Labute approximate surface area is 87.3 Å². The van der Waals surface area contributed by atoms with E-state index in [1.807, 2.05) is 0 Å². The first-order valence-electron chi connectivity index (χ1n) is 5.54. The van der Waals surface area contributed by atoms with Crippen LogP contribution in [-0.2, 0) is 9.47 Å². The Balaban J connectivity index is 2.31. The summed E-state index contributed by atoms with van der Waals surface area (Å²) < 4.78 is 11.7. The normalized spacial score (nSPS) is 26.6. The van der Waals surface area contributed by atoms with Gasteiger partial charge in [0.15, 0.2) is 5.79 Å². The maximum Gasteiger partial charge on any atom is 0.187 e. The molecule has 0 aromatic rings. The van der Waals surface area contributed by atoms with Crippen LogP contribution in [0.1, 0.15) is 19.3 Å². The van der Waals surface area contributed by atoms with Crippen LogP contribution in [0.25, 0.3) is 0 Å². The molecule has 1 fully saturated rings. The molecule has 2 aliphatic rings. The summed E-state index contributed by atoms with van der Waals surface area (Å²) in [6.45, 7) is 8.65. The highest BCUT2D eigenvalue weighted by molar-refractivity contribution is 6.83. The van der Waals surface area contributed by atoms with E-state index in [4.69, 9.17) is 9.47 Å². The molecule has 0 aromatic heterocycles. The van der Waals surface area contributed by atoms with Gasteiger partial charge in [0.05, 0.1) is 21.3 Å². The molecule has 14 heavy (non-hydrogen) atoms. The SMILES string of the molecule is C[Si](C)(C)C1=CCCCC12OCCO2. The van der Waals surface area contributed by atoms with Gasteiger partial charge in [-0.2, -0.15) is 0 Å². The first-order chi connectivity index (χ1) is 6.55. The van der Waals surface area contributed by atoms with Gasteiger partial charge >= 0.3 is 0 Å². The van der Waals surface area contributed by atoms with Crippen molar-refractivity contribution in [3.05, 3.63) is 11.3 Å². The Morgan fingerprint density at radius 1 is 1.21 bits per heavy atom. The molecule has 1 spiro atoms. The van der Waals surface area contributed by atoms with E-state index in [0.29, 0.717) is 0 Å². The first kappa shape index (κ1) is 10.4. The summed E-state index contributed by atoms with van der Waals surface area (Å²) in [5.41, 5.74) is 0. The van der Waals surface area contributed by atoms with Crippen LogP contribution in [0.2, 0.25) is 19.6 Å². The van der Waals surface area contributed by atoms with Crippen LogP contribution < -0.4 is 0 Å². The molecular formula is C11H20O2Si. The van der Waals surface area contributed by atoms with Crippen LogP contribution in [-0.4, -0.2) is 27.1 Å². The third-order valence-corrected chi connectivity index (χ3v) is 5.23. The van der Waals surface area contributed by atoms with E-state index in [0.717, 1.165) is 19.6 Å². The van der Waals surface area contributed by atoms with Crippen LogP contribution in [0, 0.1) is 0 Å². The highest BCUT2D eigenvalue weighted by atomic mass is 28.3. The van der Waals surface area contributed by atoms with E-state index in [9.17, 15) is 0 Å². The molecule has 0 aromatic carbocycles.